The van der Waals surface area contributed by atoms with E-state index in [1.54, 1.807) is 19.1 Å². The summed E-state index contributed by atoms with van der Waals surface area (Å²) in [5.74, 6) is 0.116. The summed E-state index contributed by atoms with van der Waals surface area (Å²) >= 11 is 1.47. The average Bonchev–Trinajstić information content (AvgIpc) is 3.65. The predicted molar refractivity (Wildman–Crippen MR) is 135 cm³/mol. The van der Waals surface area contributed by atoms with Crippen LogP contribution in [0, 0.1) is 6.92 Å². The van der Waals surface area contributed by atoms with Crippen LogP contribution in [0.5, 0.6) is 5.75 Å². The molecule has 5 rings (SSSR count). The highest BCUT2D eigenvalue weighted by Gasteiger charge is 2.33. The lowest BCUT2D eigenvalue weighted by Crippen LogP contribution is -2.25. The van der Waals surface area contributed by atoms with Crippen molar-refractivity contribution in [3.8, 4) is 28.7 Å². The highest BCUT2D eigenvalue weighted by molar-refractivity contribution is 7.09. The molecule has 1 atom stereocenters. The zero-order valence-corrected chi connectivity index (χ0v) is 21.6. The zero-order chi connectivity index (χ0) is 27.9. The molecule has 5 aromatic rings. The largest absolute Gasteiger partial charge is 0.494 e. The third-order valence-corrected chi connectivity index (χ3v) is 6.48. The number of ether oxygens (including phenoxy) is 1. The maximum atomic E-state index is 13.3. The minimum absolute atomic E-state index is 0.00992. The number of nitrogens with one attached hydrogen (secondary N) is 1. The molecule has 0 radical (unpaired) electrons. The van der Waals surface area contributed by atoms with Crippen LogP contribution in [0.2, 0.25) is 0 Å². The molecule has 4 aromatic heterocycles. The maximum Gasteiger partial charge on any atom is 0.433 e. The molecule has 0 unspecified atom stereocenters. The summed E-state index contributed by atoms with van der Waals surface area (Å²) in [6.45, 7) is 3.52. The Kier molecular flexibility index (Phi) is 6.82. The third kappa shape index (κ3) is 5.20. The molecule has 1 amide bonds. The Morgan fingerprint density at radius 1 is 1.21 bits per heavy atom. The van der Waals surface area contributed by atoms with Crippen molar-refractivity contribution < 1.29 is 31.6 Å². The van der Waals surface area contributed by atoms with Gasteiger partial charge in [0.15, 0.2) is 17.2 Å². The Hall–Kier alpha value is -4.30. The van der Waals surface area contributed by atoms with Gasteiger partial charge in [-0.25, -0.2) is 15.0 Å². The van der Waals surface area contributed by atoms with Gasteiger partial charge in [-0.05, 0) is 38.1 Å². The van der Waals surface area contributed by atoms with E-state index in [0.717, 1.165) is 11.1 Å². The van der Waals surface area contributed by atoms with Crippen LogP contribution in [0.1, 0.15) is 45.6 Å². The molecule has 0 aliphatic heterocycles. The number of oxazole rings is 1. The lowest BCUT2D eigenvalue weighted by molar-refractivity contribution is -0.140. The van der Waals surface area contributed by atoms with E-state index in [1.165, 1.54) is 30.6 Å². The van der Waals surface area contributed by atoms with Gasteiger partial charge < -0.3 is 24.7 Å². The molecule has 14 heteroatoms. The van der Waals surface area contributed by atoms with E-state index in [4.69, 9.17) is 19.4 Å². The van der Waals surface area contributed by atoms with Gasteiger partial charge >= 0.3 is 6.18 Å². The molecule has 4 heterocycles. The Labute approximate surface area is 223 Å². The number of aromatic nitrogens is 4. The van der Waals surface area contributed by atoms with Gasteiger partial charge in [0.1, 0.15) is 28.3 Å². The van der Waals surface area contributed by atoms with Crippen molar-refractivity contribution in [2.24, 2.45) is 5.73 Å². The SMILES string of the molecule is COc1ccc(-c2nc(C(=O)NCc3cc(-c4csc(C)n4)on3)c([C@H](C)N)o2)c2ccc(C(F)(F)F)nc12. The Bertz CT molecular complexity index is 1670. The van der Waals surface area contributed by atoms with E-state index in [0.29, 0.717) is 28.1 Å². The minimum atomic E-state index is -4.64. The highest BCUT2D eigenvalue weighted by atomic mass is 32.1. The molecule has 3 N–H and O–H groups in total. The van der Waals surface area contributed by atoms with Gasteiger partial charge in [0.05, 0.1) is 24.7 Å². The number of hydrogen-bond donors (Lipinski definition) is 2. The minimum Gasteiger partial charge on any atom is -0.494 e. The monoisotopic (exact) mass is 558 g/mol. The number of benzene rings is 1. The first kappa shape index (κ1) is 26.3. The number of methoxy groups -OCH3 is 1. The Morgan fingerprint density at radius 3 is 2.67 bits per heavy atom. The predicted octanol–water partition coefficient (Wildman–Crippen LogP) is 5.29. The highest BCUT2D eigenvalue weighted by Crippen LogP contribution is 2.37. The van der Waals surface area contributed by atoms with E-state index in [-0.39, 0.29) is 35.2 Å². The molecular weight excluding hydrogens is 537 g/mol. The van der Waals surface area contributed by atoms with Crippen molar-refractivity contribution in [2.45, 2.75) is 32.6 Å². The first-order valence-electron chi connectivity index (χ1n) is 11.5. The molecule has 10 nitrogen and oxygen atoms in total. The quantitative estimate of drug-likeness (QED) is 0.272. The van der Waals surface area contributed by atoms with Crippen molar-refractivity contribution >= 4 is 28.1 Å². The molecule has 0 fully saturated rings. The molecule has 39 heavy (non-hydrogen) atoms. The number of aryl methyl sites for hydroxylation is 1. The van der Waals surface area contributed by atoms with Crippen molar-refractivity contribution in [2.75, 3.05) is 7.11 Å². The number of carbonyl (C=O) groups excluding carboxylic acids is 1. The standard InChI is InChI=1S/C25H21F3N6O4S/c1-11(29)22-21(23(35)30-9-13-8-18(38-34-13)16-10-39-12(2)31-16)33-24(37-22)15-4-6-17(36-3)20-14(15)5-7-19(32-20)25(26,27)28/h4-8,10-11H,9,29H2,1-3H3,(H,30,35)/t11-/m0/s1. The van der Waals surface area contributed by atoms with E-state index >= 15 is 0 Å². The van der Waals surface area contributed by atoms with E-state index in [1.807, 2.05) is 12.3 Å². The van der Waals surface area contributed by atoms with Gasteiger partial charge in [-0.2, -0.15) is 13.2 Å². The van der Waals surface area contributed by atoms with Gasteiger partial charge in [0.2, 0.25) is 5.89 Å². The molecular formula is C25H21F3N6O4S. The second-order valence-electron chi connectivity index (χ2n) is 8.54. The lowest BCUT2D eigenvalue weighted by Gasteiger charge is -2.11. The molecule has 1 aromatic carbocycles. The average molecular weight is 559 g/mol. The number of carbonyl (C=O) groups is 1. The van der Waals surface area contributed by atoms with Crippen LogP contribution >= 0.6 is 11.3 Å². The zero-order valence-electron chi connectivity index (χ0n) is 20.8. The summed E-state index contributed by atoms with van der Waals surface area (Å²) in [6, 6.07) is 6.08. The summed E-state index contributed by atoms with van der Waals surface area (Å²) in [7, 11) is 1.33. The van der Waals surface area contributed by atoms with Gasteiger partial charge in [-0.15, -0.1) is 11.3 Å². The summed E-state index contributed by atoms with van der Waals surface area (Å²) < 4.78 is 56.2. The summed E-state index contributed by atoms with van der Waals surface area (Å²) in [4.78, 5) is 25.5. The molecule has 0 aliphatic carbocycles. The number of pyridine rings is 1. The van der Waals surface area contributed by atoms with Crippen LogP contribution in [0.3, 0.4) is 0 Å². The van der Waals surface area contributed by atoms with Crippen LogP contribution < -0.4 is 15.8 Å². The maximum absolute atomic E-state index is 13.3. The molecule has 0 aliphatic rings. The van der Waals surface area contributed by atoms with E-state index < -0.39 is 23.8 Å². The number of nitrogens with two attached hydrogens (primary N) is 1. The van der Waals surface area contributed by atoms with Crippen LogP contribution in [0.25, 0.3) is 33.8 Å². The third-order valence-electron chi connectivity index (χ3n) is 5.70. The Balaban J connectivity index is 1.45. The van der Waals surface area contributed by atoms with Crippen molar-refractivity contribution in [3.63, 3.8) is 0 Å². The number of hydrogen-bond acceptors (Lipinski definition) is 10. The summed E-state index contributed by atoms with van der Waals surface area (Å²) in [6.07, 6.45) is -4.64. The van der Waals surface area contributed by atoms with Gasteiger partial charge in [-0.3, -0.25) is 4.79 Å². The smallest absolute Gasteiger partial charge is 0.433 e. The molecule has 0 saturated heterocycles. The second kappa shape index (κ2) is 10.1. The van der Waals surface area contributed by atoms with Crippen LogP contribution in [-0.2, 0) is 12.7 Å². The van der Waals surface area contributed by atoms with Crippen molar-refractivity contribution in [3.05, 3.63) is 63.6 Å². The number of alkyl halides is 3. The fourth-order valence-corrected chi connectivity index (χ4v) is 4.47. The number of nitrogens with zero attached hydrogens (tertiary/aromatic N) is 4. The first-order valence-corrected chi connectivity index (χ1v) is 12.4. The Morgan fingerprint density at radius 2 is 2.00 bits per heavy atom. The van der Waals surface area contributed by atoms with Crippen molar-refractivity contribution in [1.82, 2.24) is 25.4 Å². The number of halogens is 3. The van der Waals surface area contributed by atoms with Crippen molar-refractivity contribution in [1.29, 1.82) is 0 Å². The van der Waals surface area contributed by atoms with Crippen LogP contribution in [0.15, 0.2) is 44.7 Å². The number of rotatable bonds is 7. The normalized spacial score (nSPS) is 12.6. The molecule has 0 saturated carbocycles. The lowest BCUT2D eigenvalue weighted by atomic mass is 10.1. The molecule has 202 valence electrons. The number of thiazole rings is 1. The fourth-order valence-electron chi connectivity index (χ4n) is 3.87. The fraction of sp³-hybridized carbons (Fsp3) is 0.240. The van der Waals surface area contributed by atoms with Gasteiger partial charge in [0, 0.05) is 22.4 Å². The first-order chi connectivity index (χ1) is 18.5. The van der Waals surface area contributed by atoms with Gasteiger partial charge in [-0.1, -0.05) is 5.16 Å². The molecule has 0 spiro atoms. The van der Waals surface area contributed by atoms with Crippen LogP contribution in [-0.4, -0.2) is 33.1 Å². The van der Waals surface area contributed by atoms with Gasteiger partial charge in [0.25, 0.3) is 5.91 Å². The van der Waals surface area contributed by atoms with E-state index in [2.05, 4.69) is 25.4 Å². The van der Waals surface area contributed by atoms with Crippen LogP contribution in [0.4, 0.5) is 13.2 Å². The summed E-state index contributed by atoms with van der Waals surface area (Å²) in [5.41, 5.74) is 6.29. The topological polar surface area (TPSA) is 142 Å². The number of amides is 1. The van der Waals surface area contributed by atoms with E-state index in [9.17, 15) is 18.0 Å². The number of fused-ring (bicyclic) bond motifs is 1. The summed E-state index contributed by atoms with van der Waals surface area (Å²) in [5, 5.41) is 9.68. The second-order valence-corrected chi connectivity index (χ2v) is 9.61. The molecule has 0 bridgehead atoms.